The van der Waals surface area contributed by atoms with Crippen LogP contribution < -0.4 is 0 Å². The molecule has 0 atom stereocenters. The number of hydrogen-bond acceptors (Lipinski definition) is 2. The van der Waals surface area contributed by atoms with Crippen LogP contribution in [-0.2, 0) is 0 Å². The van der Waals surface area contributed by atoms with Crippen molar-refractivity contribution in [2.24, 2.45) is 0 Å². The maximum atomic E-state index is 12.8. The van der Waals surface area contributed by atoms with Gasteiger partial charge in [0.2, 0.25) is 0 Å². The van der Waals surface area contributed by atoms with Crippen LogP contribution in [0.1, 0.15) is 16.1 Å². The van der Waals surface area contributed by atoms with E-state index in [0.717, 1.165) is 6.07 Å². The molecule has 1 aromatic heterocycles. The third-order valence-corrected chi connectivity index (χ3v) is 1.30. The van der Waals surface area contributed by atoms with Gasteiger partial charge in [0, 0.05) is 6.20 Å². The van der Waals surface area contributed by atoms with Crippen LogP contribution in [0.4, 0.5) is 4.39 Å². The predicted molar refractivity (Wildman–Crippen MR) is 41.2 cm³/mol. The molecule has 0 bridgehead atoms. The van der Waals surface area contributed by atoms with Gasteiger partial charge in [-0.25, -0.2) is 14.2 Å². The van der Waals surface area contributed by atoms with E-state index in [4.69, 9.17) is 5.11 Å². The van der Waals surface area contributed by atoms with Crippen molar-refractivity contribution in [2.75, 3.05) is 0 Å². The Morgan fingerprint density at radius 3 is 2.83 bits per heavy atom. The Morgan fingerprint density at radius 1 is 1.75 bits per heavy atom. The minimum atomic E-state index is -1.37. The van der Waals surface area contributed by atoms with Crippen LogP contribution >= 0.6 is 0 Å². The Hall–Kier alpha value is -1.71. The summed E-state index contributed by atoms with van der Waals surface area (Å²) < 4.78 is 12.8. The molecule has 0 spiro atoms. The number of carbonyl (C=O) groups is 1. The quantitative estimate of drug-likeness (QED) is 0.727. The van der Waals surface area contributed by atoms with Gasteiger partial charge in [0.05, 0.1) is 0 Å². The molecule has 0 aliphatic heterocycles. The molecule has 0 saturated carbocycles. The SMILES string of the molecule is C=Cc1cnc(C(=O)O)c(F)c1. The van der Waals surface area contributed by atoms with E-state index in [9.17, 15) is 9.18 Å². The van der Waals surface area contributed by atoms with E-state index in [1.165, 1.54) is 12.3 Å². The molecule has 1 aromatic rings. The van der Waals surface area contributed by atoms with Gasteiger partial charge in [-0.15, -0.1) is 0 Å². The van der Waals surface area contributed by atoms with Crippen LogP contribution in [0.15, 0.2) is 18.8 Å². The predicted octanol–water partition coefficient (Wildman–Crippen LogP) is 1.56. The van der Waals surface area contributed by atoms with Crippen molar-refractivity contribution < 1.29 is 14.3 Å². The highest BCUT2D eigenvalue weighted by Crippen LogP contribution is 2.07. The van der Waals surface area contributed by atoms with Crippen molar-refractivity contribution in [3.05, 3.63) is 35.9 Å². The second kappa shape index (κ2) is 3.13. The van der Waals surface area contributed by atoms with Crippen molar-refractivity contribution in [2.45, 2.75) is 0 Å². The Labute approximate surface area is 68.2 Å². The van der Waals surface area contributed by atoms with E-state index in [-0.39, 0.29) is 0 Å². The lowest BCUT2D eigenvalue weighted by molar-refractivity contribution is 0.0685. The zero-order valence-corrected chi connectivity index (χ0v) is 6.12. The third kappa shape index (κ3) is 1.47. The fourth-order valence-corrected chi connectivity index (χ4v) is 0.722. The molecule has 0 radical (unpaired) electrons. The van der Waals surface area contributed by atoms with Crippen molar-refractivity contribution in [3.8, 4) is 0 Å². The van der Waals surface area contributed by atoms with Crippen molar-refractivity contribution in [3.63, 3.8) is 0 Å². The van der Waals surface area contributed by atoms with Crippen LogP contribution in [0.2, 0.25) is 0 Å². The van der Waals surface area contributed by atoms with Gasteiger partial charge in [0.1, 0.15) is 0 Å². The second-order valence-corrected chi connectivity index (χ2v) is 2.11. The van der Waals surface area contributed by atoms with Gasteiger partial charge >= 0.3 is 5.97 Å². The van der Waals surface area contributed by atoms with Crippen molar-refractivity contribution in [1.29, 1.82) is 0 Å². The van der Waals surface area contributed by atoms with Gasteiger partial charge in [-0.1, -0.05) is 12.7 Å². The summed E-state index contributed by atoms with van der Waals surface area (Å²) in [5, 5.41) is 8.40. The average Bonchev–Trinajstić information content (AvgIpc) is 2.03. The molecule has 1 heterocycles. The number of rotatable bonds is 2. The zero-order valence-electron chi connectivity index (χ0n) is 6.12. The summed E-state index contributed by atoms with van der Waals surface area (Å²) in [4.78, 5) is 13.7. The van der Waals surface area contributed by atoms with Gasteiger partial charge in [0.15, 0.2) is 11.5 Å². The largest absolute Gasteiger partial charge is 0.476 e. The van der Waals surface area contributed by atoms with Gasteiger partial charge in [-0.3, -0.25) is 0 Å². The van der Waals surface area contributed by atoms with Crippen LogP contribution in [0.25, 0.3) is 6.08 Å². The molecule has 0 unspecified atom stereocenters. The summed E-state index contributed by atoms with van der Waals surface area (Å²) in [6, 6.07) is 1.07. The molecule has 62 valence electrons. The molecule has 12 heavy (non-hydrogen) atoms. The van der Waals surface area contributed by atoms with Crippen molar-refractivity contribution in [1.82, 2.24) is 4.98 Å². The monoisotopic (exact) mass is 167 g/mol. The number of aromatic carboxylic acids is 1. The normalized spacial score (nSPS) is 9.42. The topological polar surface area (TPSA) is 50.2 Å². The molecule has 4 heteroatoms. The summed E-state index contributed by atoms with van der Waals surface area (Å²) >= 11 is 0. The first-order valence-electron chi connectivity index (χ1n) is 3.16. The minimum Gasteiger partial charge on any atom is -0.476 e. The van der Waals surface area contributed by atoms with Crippen molar-refractivity contribution >= 4 is 12.0 Å². The van der Waals surface area contributed by atoms with Gasteiger partial charge in [-0.05, 0) is 11.6 Å². The molecule has 0 aliphatic rings. The Balaban J connectivity index is 3.20. The first kappa shape index (κ1) is 8.39. The average molecular weight is 167 g/mol. The van der Waals surface area contributed by atoms with E-state index >= 15 is 0 Å². The highest BCUT2D eigenvalue weighted by atomic mass is 19.1. The Morgan fingerprint density at radius 2 is 2.42 bits per heavy atom. The molecule has 0 fully saturated rings. The standard InChI is InChI=1S/C8H6FNO2/c1-2-5-3-6(9)7(8(11)12)10-4-5/h2-4H,1H2,(H,11,12). The first-order chi connectivity index (χ1) is 5.65. The molecular formula is C8H6FNO2. The third-order valence-electron chi connectivity index (χ3n) is 1.30. The summed E-state index contributed by atoms with van der Waals surface area (Å²) in [5.74, 6) is -2.22. The zero-order chi connectivity index (χ0) is 9.14. The smallest absolute Gasteiger partial charge is 0.357 e. The molecular weight excluding hydrogens is 161 g/mol. The van der Waals surface area contributed by atoms with E-state index in [0.29, 0.717) is 5.56 Å². The minimum absolute atomic E-state index is 0.456. The number of halogens is 1. The molecule has 3 nitrogen and oxygen atoms in total. The maximum absolute atomic E-state index is 12.8. The number of carboxylic acids is 1. The summed E-state index contributed by atoms with van der Waals surface area (Å²) in [5.41, 5.74) is -0.113. The lowest BCUT2D eigenvalue weighted by Gasteiger charge is -1.96. The molecule has 1 rings (SSSR count). The van der Waals surface area contributed by atoms with Crippen LogP contribution in [-0.4, -0.2) is 16.1 Å². The van der Waals surface area contributed by atoms with Crippen LogP contribution in [0, 0.1) is 5.82 Å². The van der Waals surface area contributed by atoms with E-state index in [2.05, 4.69) is 11.6 Å². The lowest BCUT2D eigenvalue weighted by atomic mass is 10.2. The summed E-state index contributed by atoms with van der Waals surface area (Å²) in [7, 11) is 0. The van der Waals surface area contributed by atoms with E-state index in [1.807, 2.05) is 0 Å². The summed E-state index contributed by atoms with van der Waals surface area (Å²) in [6.45, 7) is 3.39. The fraction of sp³-hybridized carbons (Fsp3) is 0. The highest BCUT2D eigenvalue weighted by Gasteiger charge is 2.10. The Kier molecular flexibility index (Phi) is 2.19. The lowest BCUT2D eigenvalue weighted by Crippen LogP contribution is -2.03. The van der Waals surface area contributed by atoms with E-state index < -0.39 is 17.5 Å². The highest BCUT2D eigenvalue weighted by molar-refractivity contribution is 5.85. The van der Waals surface area contributed by atoms with E-state index in [1.54, 1.807) is 0 Å². The molecule has 0 aromatic carbocycles. The fourth-order valence-electron chi connectivity index (χ4n) is 0.722. The maximum Gasteiger partial charge on any atom is 0.357 e. The van der Waals surface area contributed by atoms with Gasteiger partial charge < -0.3 is 5.11 Å². The number of carboxylic acid groups (broad SMARTS) is 1. The number of nitrogens with zero attached hydrogens (tertiary/aromatic N) is 1. The molecule has 1 N–H and O–H groups in total. The molecule has 0 aliphatic carbocycles. The first-order valence-corrected chi connectivity index (χ1v) is 3.16. The van der Waals surface area contributed by atoms with Crippen LogP contribution in [0.5, 0.6) is 0 Å². The summed E-state index contributed by atoms with van der Waals surface area (Å²) in [6.07, 6.45) is 2.64. The van der Waals surface area contributed by atoms with Gasteiger partial charge in [0.25, 0.3) is 0 Å². The Bertz CT molecular complexity index is 336. The molecule has 0 saturated heterocycles. The van der Waals surface area contributed by atoms with Gasteiger partial charge in [-0.2, -0.15) is 0 Å². The number of hydrogen-bond donors (Lipinski definition) is 1. The number of aromatic nitrogens is 1. The second-order valence-electron chi connectivity index (χ2n) is 2.11. The molecule has 0 amide bonds. The number of pyridine rings is 1. The van der Waals surface area contributed by atoms with Crippen LogP contribution in [0.3, 0.4) is 0 Å².